The van der Waals surface area contributed by atoms with E-state index >= 15 is 0 Å². The molecule has 1 aliphatic carbocycles. The fourth-order valence-electron chi connectivity index (χ4n) is 3.52. The lowest BCUT2D eigenvalue weighted by Gasteiger charge is -2.26. The number of aromatic nitrogens is 2. The second kappa shape index (κ2) is 9.91. The zero-order chi connectivity index (χ0) is 20.8. The number of para-hydroxylation sites is 1. The topological polar surface area (TPSA) is 93.1 Å². The van der Waals surface area contributed by atoms with E-state index in [0.717, 1.165) is 25.7 Å². The molecule has 156 valence electrons. The van der Waals surface area contributed by atoms with Crippen LogP contribution in [0.3, 0.4) is 0 Å². The first-order chi connectivity index (χ1) is 14.0. The van der Waals surface area contributed by atoms with E-state index < -0.39 is 11.9 Å². The molecule has 1 aliphatic rings. The van der Waals surface area contributed by atoms with Crippen molar-refractivity contribution in [2.24, 2.45) is 5.92 Å². The molecule has 0 spiro atoms. The van der Waals surface area contributed by atoms with E-state index in [4.69, 9.17) is 0 Å². The largest absolute Gasteiger partial charge is 0.338 e. The van der Waals surface area contributed by atoms with Gasteiger partial charge in [0.2, 0.25) is 5.91 Å². The summed E-state index contributed by atoms with van der Waals surface area (Å²) in [7, 11) is 0. The van der Waals surface area contributed by atoms with Gasteiger partial charge in [-0.3, -0.25) is 19.5 Å². The van der Waals surface area contributed by atoms with Gasteiger partial charge in [0.05, 0.1) is 16.7 Å². The predicted octanol–water partition coefficient (Wildman–Crippen LogP) is 3.48. The molecule has 0 saturated heterocycles. The highest BCUT2D eigenvalue weighted by molar-refractivity contribution is 7.99. The Morgan fingerprint density at radius 3 is 2.66 bits per heavy atom. The molecule has 2 N–H and O–H groups in total. The molecule has 1 saturated carbocycles. The maximum atomic E-state index is 13.2. The van der Waals surface area contributed by atoms with Gasteiger partial charge in [0.1, 0.15) is 0 Å². The fourth-order valence-corrected chi connectivity index (χ4v) is 4.39. The van der Waals surface area contributed by atoms with E-state index in [9.17, 15) is 14.4 Å². The molecule has 1 aromatic heterocycles. The van der Waals surface area contributed by atoms with Crippen LogP contribution in [-0.2, 0) is 4.79 Å². The second-order valence-electron chi connectivity index (χ2n) is 7.82. The minimum Gasteiger partial charge on any atom is -0.338 e. The van der Waals surface area contributed by atoms with Crippen LogP contribution >= 0.6 is 11.8 Å². The molecule has 29 heavy (non-hydrogen) atoms. The molecule has 2 aromatic rings. The van der Waals surface area contributed by atoms with E-state index in [1.54, 1.807) is 10.6 Å². The average molecular weight is 417 g/mol. The Morgan fingerprint density at radius 1 is 1.21 bits per heavy atom. The van der Waals surface area contributed by atoms with Gasteiger partial charge in [-0.1, -0.05) is 57.0 Å². The minimum absolute atomic E-state index is 0.0204. The summed E-state index contributed by atoms with van der Waals surface area (Å²) in [6, 6.07) is 6.90. The predicted molar refractivity (Wildman–Crippen MR) is 115 cm³/mol. The normalized spacial score (nSPS) is 14.9. The maximum absolute atomic E-state index is 13.2. The summed E-state index contributed by atoms with van der Waals surface area (Å²) >= 11 is 1.20. The van der Waals surface area contributed by atoms with E-state index in [1.807, 2.05) is 32.0 Å². The molecule has 0 atom stereocenters. The SMILES string of the molecule is CC(C)CNC(=O)NC(=O)CSc1nc2ccccc2c(=O)n1C1CCCCC1. The second-order valence-corrected chi connectivity index (χ2v) is 8.76. The first-order valence-corrected chi connectivity index (χ1v) is 11.2. The molecular weight excluding hydrogens is 388 g/mol. The summed E-state index contributed by atoms with van der Waals surface area (Å²) < 4.78 is 1.76. The van der Waals surface area contributed by atoms with Gasteiger partial charge in [0, 0.05) is 12.6 Å². The Morgan fingerprint density at radius 2 is 1.93 bits per heavy atom. The molecule has 0 radical (unpaired) electrons. The van der Waals surface area contributed by atoms with Crippen molar-refractivity contribution in [1.29, 1.82) is 0 Å². The molecule has 0 unspecified atom stereocenters. The van der Waals surface area contributed by atoms with E-state index in [-0.39, 0.29) is 17.4 Å². The Hall–Kier alpha value is -2.35. The zero-order valence-electron chi connectivity index (χ0n) is 16.9. The molecule has 3 amide bonds. The number of imide groups is 1. The number of nitrogens with one attached hydrogen (secondary N) is 2. The highest BCUT2D eigenvalue weighted by Gasteiger charge is 2.22. The van der Waals surface area contributed by atoms with Crippen molar-refractivity contribution < 1.29 is 9.59 Å². The fraction of sp³-hybridized carbons (Fsp3) is 0.524. The number of rotatable bonds is 6. The lowest BCUT2D eigenvalue weighted by molar-refractivity contribution is -0.117. The highest BCUT2D eigenvalue weighted by atomic mass is 32.2. The molecule has 1 aromatic carbocycles. The van der Waals surface area contributed by atoms with Crippen LogP contribution in [-0.4, -0.2) is 33.8 Å². The number of carbonyl (C=O) groups excluding carboxylic acids is 2. The minimum atomic E-state index is -0.500. The Bertz CT molecular complexity index is 935. The van der Waals surface area contributed by atoms with Crippen molar-refractivity contribution in [2.75, 3.05) is 12.3 Å². The van der Waals surface area contributed by atoms with Gasteiger partial charge in [0.15, 0.2) is 5.16 Å². The van der Waals surface area contributed by atoms with Gasteiger partial charge in [0.25, 0.3) is 5.56 Å². The van der Waals surface area contributed by atoms with Gasteiger partial charge in [-0.2, -0.15) is 0 Å². The lowest BCUT2D eigenvalue weighted by Crippen LogP contribution is -2.41. The Kier molecular flexibility index (Phi) is 7.30. The summed E-state index contributed by atoms with van der Waals surface area (Å²) in [5, 5.41) is 6.13. The summed E-state index contributed by atoms with van der Waals surface area (Å²) in [6.45, 7) is 4.46. The molecule has 3 rings (SSSR count). The standard InChI is InChI=1S/C21H28N4O3S/c1-14(2)12-22-20(28)24-18(26)13-29-21-23-17-11-7-6-10-16(17)19(27)25(21)15-8-4-3-5-9-15/h6-7,10-11,14-15H,3-5,8-9,12-13H2,1-2H3,(H2,22,24,26,28). The molecule has 0 bridgehead atoms. The van der Waals surface area contributed by atoms with Gasteiger partial charge >= 0.3 is 6.03 Å². The maximum Gasteiger partial charge on any atom is 0.321 e. The van der Waals surface area contributed by atoms with Gasteiger partial charge < -0.3 is 5.32 Å². The smallest absolute Gasteiger partial charge is 0.321 e. The summed E-state index contributed by atoms with van der Waals surface area (Å²) in [5.74, 6) is -0.0853. The van der Waals surface area contributed by atoms with Crippen LogP contribution < -0.4 is 16.2 Å². The molecule has 7 nitrogen and oxygen atoms in total. The number of urea groups is 1. The summed E-state index contributed by atoms with van der Waals surface area (Å²) in [5.41, 5.74) is 0.572. The number of nitrogens with zero attached hydrogens (tertiary/aromatic N) is 2. The van der Waals surface area contributed by atoms with Crippen molar-refractivity contribution >= 4 is 34.6 Å². The first-order valence-electron chi connectivity index (χ1n) is 10.2. The third-order valence-corrected chi connectivity index (χ3v) is 5.92. The van der Waals surface area contributed by atoms with Crippen LogP contribution in [0.15, 0.2) is 34.2 Å². The number of carbonyl (C=O) groups is 2. The van der Waals surface area contributed by atoms with Crippen LogP contribution in [0.25, 0.3) is 10.9 Å². The number of fused-ring (bicyclic) bond motifs is 1. The number of thioether (sulfide) groups is 1. The van der Waals surface area contributed by atoms with Crippen molar-refractivity contribution in [2.45, 2.75) is 57.1 Å². The highest BCUT2D eigenvalue weighted by Crippen LogP contribution is 2.30. The number of amides is 3. The first kappa shape index (κ1) is 21.4. The molecular formula is C21H28N4O3S. The van der Waals surface area contributed by atoms with E-state index in [1.165, 1.54) is 18.2 Å². The van der Waals surface area contributed by atoms with Crippen LogP contribution in [0.1, 0.15) is 52.0 Å². The Balaban J connectivity index is 1.78. The van der Waals surface area contributed by atoms with Crippen LogP contribution in [0.5, 0.6) is 0 Å². The number of hydrogen-bond donors (Lipinski definition) is 2. The van der Waals surface area contributed by atoms with Crippen molar-refractivity contribution in [3.63, 3.8) is 0 Å². The molecule has 0 aliphatic heterocycles. The third-order valence-electron chi connectivity index (χ3n) is 4.97. The number of benzene rings is 1. The van der Waals surface area contributed by atoms with E-state index in [2.05, 4.69) is 15.6 Å². The van der Waals surface area contributed by atoms with Gasteiger partial charge in [-0.25, -0.2) is 9.78 Å². The van der Waals surface area contributed by atoms with Crippen molar-refractivity contribution in [3.05, 3.63) is 34.6 Å². The van der Waals surface area contributed by atoms with Crippen molar-refractivity contribution in [1.82, 2.24) is 20.2 Å². The quantitative estimate of drug-likeness (QED) is 0.556. The van der Waals surface area contributed by atoms with Gasteiger partial charge in [-0.15, -0.1) is 0 Å². The summed E-state index contributed by atoms with van der Waals surface area (Å²) in [4.78, 5) is 41.8. The molecule has 1 fully saturated rings. The van der Waals surface area contributed by atoms with Gasteiger partial charge in [-0.05, 0) is 30.9 Å². The zero-order valence-corrected chi connectivity index (χ0v) is 17.8. The average Bonchev–Trinajstić information content (AvgIpc) is 2.71. The molecule has 1 heterocycles. The van der Waals surface area contributed by atoms with E-state index in [0.29, 0.717) is 28.5 Å². The summed E-state index contributed by atoms with van der Waals surface area (Å²) in [6.07, 6.45) is 5.24. The van der Waals surface area contributed by atoms with Crippen molar-refractivity contribution in [3.8, 4) is 0 Å². The molecule has 8 heteroatoms. The van der Waals surface area contributed by atoms with Crippen LogP contribution in [0.4, 0.5) is 4.79 Å². The van der Waals surface area contributed by atoms with Crippen LogP contribution in [0, 0.1) is 5.92 Å². The Labute approximate surface area is 174 Å². The monoisotopic (exact) mass is 416 g/mol. The van der Waals surface area contributed by atoms with Crippen LogP contribution in [0.2, 0.25) is 0 Å². The third kappa shape index (κ3) is 5.59. The lowest BCUT2D eigenvalue weighted by atomic mass is 9.95. The number of hydrogen-bond acceptors (Lipinski definition) is 5.